The van der Waals surface area contributed by atoms with Crippen LogP contribution in [-0.4, -0.2) is 149 Å². The van der Waals surface area contributed by atoms with Gasteiger partial charge in [-0.15, -0.1) is 0 Å². The average Bonchev–Trinajstić information content (AvgIpc) is 3.14. The number of aliphatic hydroxyl groups excluding tert-OH is 9. The van der Waals surface area contributed by atoms with E-state index in [1.54, 1.807) is 46.8 Å². The normalized spacial score (nSPS) is 34.9. The molecule has 15 heteroatoms. The zero-order valence-electron chi connectivity index (χ0n) is 34.7. The summed E-state index contributed by atoms with van der Waals surface area (Å²) in [4.78, 5) is 11.8. The van der Waals surface area contributed by atoms with Gasteiger partial charge in [0.1, 0.15) is 42.7 Å². The van der Waals surface area contributed by atoms with E-state index in [-0.39, 0.29) is 17.4 Å². The Morgan fingerprint density at radius 1 is 0.643 bits per heavy atom. The van der Waals surface area contributed by atoms with Crippen LogP contribution in [0.1, 0.15) is 82.6 Å². The molecule has 15 nitrogen and oxygen atoms in total. The Kier molecular flexibility index (Phi) is 20.0. The molecule has 2 aliphatic rings. The van der Waals surface area contributed by atoms with Gasteiger partial charge in [0.2, 0.25) is 0 Å². The predicted octanol–water partition coefficient (Wildman–Crippen LogP) is 1.57. The van der Waals surface area contributed by atoms with Crippen LogP contribution < -0.4 is 0 Å². The molecule has 324 valence electrons. The minimum absolute atomic E-state index is 0.0316. The SMILES string of the molecule is CCC(C)C(O)C(C)/C=C(\C)[C@@H](O)[C@@H](C)/C=C(\C)[C@@H](O[C@@H]1O[C@H](CO)[C@@H](O)[C@H](O)[C@@H]1O)[C@@H](C)/C=C(\C)[C@@H](O[C@H]1O[C@@H](C)[C@H](O)[C@@H](O)[C@H]1O)[C@@H](C)/C=C(\C)C(=O)O. The molecule has 2 aliphatic heterocycles. The number of carboxylic acid groups (broad SMARTS) is 1. The summed E-state index contributed by atoms with van der Waals surface area (Å²) in [6.45, 7) is 18.7. The van der Waals surface area contributed by atoms with Crippen molar-refractivity contribution >= 4 is 5.97 Å². The van der Waals surface area contributed by atoms with E-state index >= 15 is 0 Å². The van der Waals surface area contributed by atoms with Crippen molar-refractivity contribution in [2.45, 2.75) is 168 Å². The van der Waals surface area contributed by atoms with Gasteiger partial charge in [-0.1, -0.05) is 72.3 Å². The van der Waals surface area contributed by atoms with E-state index in [1.165, 1.54) is 19.9 Å². The first-order valence-electron chi connectivity index (χ1n) is 19.6. The van der Waals surface area contributed by atoms with Crippen molar-refractivity contribution in [2.75, 3.05) is 6.61 Å². The smallest absolute Gasteiger partial charge is 0.330 e. The third-order valence-corrected chi connectivity index (χ3v) is 11.2. The Morgan fingerprint density at radius 3 is 1.57 bits per heavy atom. The second-order valence-electron chi connectivity index (χ2n) is 16.1. The first-order chi connectivity index (χ1) is 26.0. The van der Waals surface area contributed by atoms with E-state index in [0.29, 0.717) is 16.7 Å². The maximum atomic E-state index is 11.8. The number of carbonyl (C=O) groups is 1. The third kappa shape index (κ3) is 13.0. The molecule has 0 aromatic carbocycles. The zero-order valence-corrected chi connectivity index (χ0v) is 34.7. The summed E-state index contributed by atoms with van der Waals surface area (Å²) in [6, 6.07) is 0. The van der Waals surface area contributed by atoms with Crippen LogP contribution in [0.3, 0.4) is 0 Å². The van der Waals surface area contributed by atoms with Crippen LogP contribution >= 0.6 is 0 Å². The first kappa shape index (κ1) is 50.1. The Bertz CT molecular complexity index is 1360. The minimum Gasteiger partial charge on any atom is -0.478 e. The lowest BCUT2D eigenvalue weighted by Gasteiger charge is -2.42. The van der Waals surface area contributed by atoms with Crippen molar-refractivity contribution in [1.82, 2.24) is 0 Å². The van der Waals surface area contributed by atoms with Gasteiger partial charge in [-0.2, -0.15) is 0 Å². The van der Waals surface area contributed by atoms with E-state index < -0.39 is 116 Å². The number of aliphatic hydroxyl groups is 9. The molecule has 56 heavy (non-hydrogen) atoms. The summed E-state index contributed by atoms with van der Waals surface area (Å²) in [7, 11) is 0. The van der Waals surface area contributed by atoms with Crippen LogP contribution in [0.25, 0.3) is 0 Å². The van der Waals surface area contributed by atoms with Crippen molar-refractivity contribution < 1.29 is 74.8 Å². The molecular weight excluding hydrogens is 732 g/mol. The fourth-order valence-electron chi connectivity index (χ4n) is 7.42. The van der Waals surface area contributed by atoms with Crippen molar-refractivity contribution in [3.05, 3.63) is 46.6 Å². The Labute approximate surface area is 331 Å². The fraction of sp³-hybridized carbons (Fsp3) is 0.780. The number of hydrogen-bond donors (Lipinski definition) is 10. The van der Waals surface area contributed by atoms with Crippen molar-refractivity contribution in [3.63, 3.8) is 0 Å². The lowest BCUT2D eigenvalue weighted by Crippen LogP contribution is -2.60. The molecule has 0 amide bonds. The van der Waals surface area contributed by atoms with E-state index in [4.69, 9.17) is 18.9 Å². The molecule has 0 saturated carbocycles. The number of hydrogen-bond acceptors (Lipinski definition) is 14. The van der Waals surface area contributed by atoms with E-state index in [0.717, 1.165) is 6.42 Å². The molecule has 0 spiro atoms. The summed E-state index contributed by atoms with van der Waals surface area (Å²) >= 11 is 0. The second-order valence-corrected chi connectivity index (χ2v) is 16.1. The Balaban J connectivity index is 2.61. The van der Waals surface area contributed by atoms with E-state index in [2.05, 4.69) is 0 Å². The largest absolute Gasteiger partial charge is 0.478 e. The molecule has 2 rings (SSSR count). The number of aliphatic carboxylic acids is 1. The molecule has 2 fully saturated rings. The summed E-state index contributed by atoms with van der Waals surface area (Å²) in [5.74, 6) is -3.00. The number of rotatable bonds is 19. The lowest BCUT2D eigenvalue weighted by atomic mass is 9.86. The maximum absolute atomic E-state index is 11.8. The molecule has 2 saturated heterocycles. The monoisotopic (exact) mass is 802 g/mol. The molecule has 0 radical (unpaired) electrons. The van der Waals surface area contributed by atoms with Gasteiger partial charge < -0.3 is 70.0 Å². The molecule has 19 atom stereocenters. The first-order valence-corrected chi connectivity index (χ1v) is 19.6. The van der Waals surface area contributed by atoms with Gasteiger partial charge in [-0.25, -0.2) is 4.79 Å². The van der Waals surface area contributed by atoms with Crippen LogP contribution in [0.15, 0.2) is 46.6 Å². The van der Waals surface area contributed by atoms with E-state index in [1.807, 2.05) is 33.8 Å². The Hall–Kier alpha value is -2.09. The van der Waals surface area contributed by atoms with Crippen LogP contribution in [-0.2, 0) is 23.7 Å². The molecule has 0 aromatic heterocycles. The highest BCUT2D eigenvalue weighted by Crippen LogP contribution is 2.33. The van der Waals surface area contributed by atoms with Crippen LogP contribution in [0.5, 0.6) is 0 Å². The summed E-state index contributed by atoms with van der Waals surface area (Å²) in [5.41, 5.74) is 1.79. The quantitative estimate of drug-likeness (QED) is 0.0657. The van der Waals surface area contributed by atoms with Crippen molar-refractivity contribution in [3.8, 4) is 0 Å². The summed E-state index contributed by atoms with van der Waals surface area (Å²) in [5, 5.41) is 105. The van der Waals surface area contributed by atoms with Crippen LogP contribution in [0.4, 0.5) is 0 Å². The molecular formula is C41H70O15. The zero-order chi connectivity index (χ0) is 42.9. The summed E-state index contributed by atoms with van der Waals surface area (Å²) in [6.07, 6.45) is -10.4. The number of ether oxygens (including phenoxy) is 4. The average molecular weight is 803 g/mol. The van der Waals surface area contributed by atoms with Gasteiger partial charge in [0, 0.05) is 29.2 Å². The fourth-order valence-corrected chi connectivity index (χ4v) is 7.42. The highest BCUT2D eigenvalue weighted by Gasteiger charge is 2.46. The van der Waals surface area contributed by atoms with Crippen molar-refractivity contribution in [1.29, 1.82) is 0 Å². The molecule has 0 aliphatic carbocycles. The van der Waals surface area contributed by atoms with Gasteiger partial charge in [0.05, 0.1) is 37.1 Å². The van der Waals surface area contributed by atoms with Crippen molar-refractivity contribution in [2.24, 2.45) is 29.6 Å². The molecule has 0 aromatic rings. The highest BCUT2D eigenvalue weighted by molar-refractivity contribution is 5.85. The second kappa shape index (κ2) is 22.3. The third-order valence-electron chi connectivity index (χ3n) is 11.2. The number of carboxylic acids is 1. The molecule has 10 N–H and O–H groups in total. The van der Waals surface area contributed by atoms with Gasteiger partial charge in [-0.05, 0) is 57.3 Å². The topological polar surface area (TPSA) is 256 Å². The van der Waals surface area contributed by atoms with Gasteiger partial charge in [0.25, 0.3) is 0 Å². The van der Waals surface area contributed by atoms with Crippen LogP contribution in [0, 0.1) is 29.6 Å². The summed E-state index contributed by atoms with van der Waals surface area (Å²) < 4.78 is 24.0. The van der Waals surface area contributed by atoms with Crippen LogP contribution in [0.2, 0.25) is 0 Å². The van der Waals surface area contributed by atoms with Gasteiger partial charge in [-0.3, -0.25) is 0 Å². The lowest BCUT2D eigenvalue weighted by molar-refractivity contribution is -0.310. The maximum Gasteiger partial charge on any atom is 0.330 e. The predicted molar refractivity (Wildman–Crippen MR) is 207 cm³/mol. The van der Waals surface area contributed by atoms with Gasteiger partial charge >= 0.3 is 5.97 Å². The standard InChI is InChI=1S/C41H70O15/c1-12-18(2)29(43)19(3)13-20(4)30(44)21(5)14-22(6)37(56-41-36(50)34(48)32(46)28(17-42)54-41)23(7)15-24(8)38(25(9)16-26(10)39(51)52)55-40-35(49)33(47)31(45)27(11)53-40/h13-16,18-19,21,23,25,27-38,40-50H,12,17H2,1-11H3,(H,51,52)/b20-13+,22-14+,24-15+,26-16+/t18?,19?,21-,23-,25-,27-,28+,29?,30+,31-,32+,33+,34-,35+,36-,37+,38+,40+,41-/m0/s1. The molecule has 2 heterocycles. The highest BCUT2D eigenvalue weighted by atomic mass is 16.7. The molecule has 0 bridgehead atoms. The van der Waals surface area contributed by atoms with E-state index in [9.17, 15) is 55.9 Å². The minimum atomic E-state index is -1.71. The Morgan fingerprint density at radius 2 is 1.09 bits per heavy atom. The van der Waals surface area contributed by atoms with Gasteiger partial charge in [0.15, 0.2) is 12.6 Å². The molecule has 3 unspecified atom stereocenters.